The largest absolute Gasteiger partial charge is 0.389 e. The van der Waals surface area contributed by atoms with Crippen LogP contribution in [0.15, 0.2) is 54.6 Å². The van der Waals surface area contributed by atoms with Crippen molar-refractivity contribution in [2.45, 2.75) is 26.5 Å². The molecule has 0 aliphatic heterocycles. The summed E-state index contributed by atoms with van der Waals surface area (Å²) in [5, 5.41) is 9.53. The minimum atomic E-state index is -0.404. The van der Waals surface area contributed by atoms with Crippen LogP contribution in [-0.4, -0.2) is 11.7 Å². The standard InChI is InChI=1S/C17H21NO/c1-3-18(13-15-7-5-4-6-8-15)17-11-9-16(10-12-17)14(2)19/h4-12,14,19H,3,13H2,1-2H3/t14-/m0/s1. The summed E-state index contributed by atoms with van der Waals surface area (Å²) >= 11 is 0. The molecule has 2 nitrogen and oxygen atoms in total. The van der Waals surface area contributed by atoms with Gasteiger partial charge in [0, 0.05) is 18.8 Å². The minimum Gasteiger partial charge on any atom is -0.389 e. The SMILES string of the molecule is CCN(Cc1ccccc1)c1ccc([C@H](C)O)cc1. The molecular weight excluding hydrogens is 234 g/mol. The lowest BCUT2D eigenvalue weighted by Gasteiger charge is -2.23. The fourth-order valence-corrected chi connectivity index (χ4v) is 2.15. The zero-order valence-corrected chi connectivity index (χ0v) is 11.6. The molecule has 0 amide bonds. The second-order valence-corrected chi connectivity index (χ2v) is 4.77. The molecule has 0 saturated heterocycles. The Kier molecular flexibility index (Phi) is 4.58. The zero-order valence-electron chi connectivity index (χ0n) is 11.6. The topological polar surface area (TPSA) is 23.5 Å². The van der Waals surface area contributed by atoms with Crippen LogP contribution in [0, 0.1) is 0 Å². The predicted octanol–water partition coefficient (Wildman–Crippen LogP) is 3.77. The Balaban J connectivity index is 2.13. The van der Waals surface area contributed by atoms with Crippen LogP contribution in [-0.2, 0) is 6.54 Å². The zero-order chi connectivity index (χ0) is 13.7. The number of benzene rings is 2. The molecule has 100 valence electrons. The summed E-state index contributed by atoms with van der Waals surface area (Å²) in [6.45, 7) is 5.82. The van der Waals surface area contributed by atoms with Crippen molar-refractivity contribution in [1.29, 1.82) is 0 Å². The lowest BCUT2D eigenvalue weighted by molar-refractivity contribution is 0.199. The highest BCUT2D eigenvalue weighted by atomic mass is 16.3. The Morgan fingerprint density at radius 3 is 2.16 bits per heavy atom. The molecule has 19 heavy (non-hydrogen) atoms. The predicted molar refractivity (Wildman–Crippen MR) is 80.2 cm³/mol. The van der Waals surface area contributed by atoms with Crippen LogP contribution >= 0.6 is 0 Å². The van der Waals surface area contributed by atoms with Crippen molar-refractivity contribution in [3.8, 4) is 0 Å². The Morgan fingerprint density at radius 2 is 1.63 bits per heavy atom. The number of aliphatic hydroxyl groups excluding tert-OH is 1. The van der Waals surface area contributed by atoms with E-state index in [9.17, 15) is 5.11 Å². The molecule has 0 aromatic heterocycles. The van der Waals surface area contributed by atoms with Gasteiger partial charge in [0.05, 0.1) is 6.10 Å². The Bertz CT molecular complexity index is 490. The van der Waals surface area contributed by atoms with E-state index < -0.39 is 6.10 Å². The van der Waals surface area contributed by atoms with Crippen LogP contribution in [0.1, 0.15) is 31.1 Å². The molecule has 0 spiro atoms. The van der Waals surface area contributed by atoms with Crippen LogP contribution in [0.4, 0.5) is 5.69 Å². The van der Waals surface area contributed by atoms with Gasteiger partial charge in [-0.3, -0.25) is 0 Å². The third kappa shape index (κ3) is 3.58. The molecule has 2 heteroatoms. The molecule has 0 fully saturated rings. The van der Waals surface area contributed by atoms with Gasteiger partial charge >= 0.3 is 0 Å². The van der Waals surface area contributed by atoms with E-state index in [2.05, 4.69) is 48.2 Å². The van der Waals surface area contributed by atoms with Crippen molar-refractivity contribution in [2.75, 3.05) is 11.4 Å². The van der Waals surface area contributed by atoms with Gasteiger partial charge in [-0.15, -0.1) is 0 Å². The molecule has 0 aliphatic rings. The first-order valence-corrected chi connectivity index (χ1v) is 6.77. The van der Waals surface area contributed by atoms with Crippen LogP contribution in [0.3, 0.4) is 0 Å². The number of hydrogen-bond donors (Lipinski definition) is 1. The number of rotatable bonds is 5. The highest BCUT2D eigenvalue weighted by molar-refractivity contribution is 5.48. The molecule has 2 rings (SSSR count). The fourth-order valence-electron chi connectivity index (χ4n) is 2.15. The Morgan fingerprint density at radius 1 is 1.00 bits per heavy atom. The molecule has 0 radical (unpaired) electrons. The molecule has 0 saturated carbocycles. The molecule has 1 atom stereocenters. The van der Waals surface area contributed by atoms with Crippen LogP contribution in [0.2, 0.25) is 0 Å². The molecule has 1 N–H and O–H groups in total. The van der Waals surface area contributed by atoms with Gasteiger partial charge < -0.3 is 10.0 Å². The van der Waals surface area contributed by atoms with Gasteiger partial charge in [-0.05, 0) is 37.1 Å². The highest BCUT2D eigenvalue weighted by Crippen LogP contribution is 2.20. The van der Waals surface area contributed by atoms with E-state index in [1.807, 2.05) is 18.2 Å². The second kappa shape index (κ2) is 6.39. The molecule has 0 heterocycles. The van der Waals surface area contributed by atoms with Crippen molar-refractivity contribution >= 4 is 5.69 Å². The summed E-state index contributed by atoms with van der Waals surface area (Å²) in [6.07, 6.45) is -0.404. The lowest BCUT2D eigenvalue weighted by Crippen LogP contribution is -2.21. The number of nitrogens with zero attached hydrogens (tertiary/aromatic N) is 1. The third-order valence-corrected chi connectivity index (χ3v) is 3.34. The first-order valence-electron chi connectivity index (χ1n) is 6.77. The van der Waals surface area contributed by atoms with E-state index in [1.54, 1.807) is 6.92 Å². The van der Waals surface area contributed by atoms with Crippen LogP contribution in [0.5, 0.6) is 0 Å². The van der Waals surface area contributed by atoms with Crippen LogP contribution in [0.25, 0.3) is 0 Å². The van der Waals surface area contributed by atoms with E-state index in [0.29, 0.717) is 0 Å². The van der Waals surface area contributed by atoms with Gasteiger partial charge in [0.25, 0.3) is 0 Å². The first kappa shape index (κ1) is 13.6. The normalized spacial score (nSPS) is 12.2. The van der Waals surface area contributed by atoms with Gasteiger partial charge in [0.15, 0.2) is 0 Å². The number of aliphatic hydroxyl groups is 1. The maximum atomic E-state index is 9.53. The van der Waals surface area contributed by atoms with Crippen molar-refractivity contribution in [1.82, 2.24) is 0 Å². The van der Waals surface area contributed by atoms with Gasteiger partial charge in [0.2, 0.25) is 0 Å². The molecule has 0 aliphatic carbocycles. The maximum absolute atomic E-state index is 9.53. The number of anilines is 1. The molecule has 0 unspecified atom stereocenters. The fraction of sp³-hybridized carbons (Fsp3) is 0.294. The average molecular weight is 255 g/mol. The van der Waals surface area contributed by atoms with Gasteiger partial charge in [0.1, 0.15) is 0 Å². The smallest absolute Gasteiger partial charge is 0.0761 e. The summed E-state index contributed by atoms with van der Waals surface area (Å²) in [4.78, 5) is 2.32. The molecule has 2 aromatic rings. The van der Waals surface area contributed by atoms with E-state index in [4.69, 9.17) is 0 Å². The quantitative estimate of drug-likeness (QED) is 0.879. The van der Waals surface area contributed by atoms with Crippen molar-refractivity contribution < 1.29 is 5.11 Å². The van der Waals surface area contributed by atoms with E-state index in [1.165, 1.54) is 11.3 Å². The van der Waals surface area contributed by atoms with Gasteiger partial charge in [-0.1, -0.05) is 42.5 Å². The minimum absolute atomic E-state index is 0.404. The average Bonchev–Trinajstić information content (AvgIpc) is 2.46. The second-order valence-electron chi connectivity index (χ2n) is 4.77. The Labute approximate surface area is 115 Å². The summed E-state index contributed by atoms with van der Waals surface area (Å²) in [5.41, 5.74) is 3.46. The van der Waals surface area contributed by atoms with Crippen LogP contribution < -0.4 is 4.90 Å². The third-order valence-electron chi connectivity index (χ3n) is 3.34. The van der Waals surface area contributed by atoms with Crippen molar-refractivity contribution in [3.05, 3.63) is 65.7 Å². The monoisotopic (exact) mass is 255 g/mol. The van der Waals surface area contributed by atoms with E-state index in [0.717, 1.165) is 18.7 Å². The van der Waals surface area contributed by atoms with E-state index in [-0.39, 0.29) is 0 Å². The summed E-state index contributed by atoms with van der Waals surface area (Å²) in [6, 6.07) is 18.6. The summed E-state index contributed by atoms with van der Waals surface area (Å²) in [5.74, 6) is 0. The molecular formula is C17H21NO. The summed E-state index contributed by atoms with van der Waals surface area (Å²) in [7, 11) is 0. The number of hydrogen-bond acceptors (Lipinski definition) is 2. The van der Waals surface area contributed by atoms with Gasteiger partial charge in [-0.25, -0.2) is 0 Å². The molecule has 0 bridgehead atoms. The molecule has 2 aromatic carbocycles. The highest BCUT2D eigenvalue weighted by Gasteiger charge is 2.06. The first-order chi connectivity index (χ1) is 9.20. The van der Waals surface area contributed by atoms with Crippen molar-refractivity contribution in [2.24, 2.45) is 0 Å². The summed E-state index contributed by atoms with van der Waals surface area (Å²) < 4.78 is 0. The van der Waals surface area contributed by atoms with Crippen molar-refractivity contribution in [3.63, 3.8) is 0 Å². The van der Waals surface area contributed by atoms with E-state index >= 15 is 0 Å². The lowest BCUT2D eigenvalue weighted by atomic mass is 10.1. The Hall–Kier alpha value is -1.80. The van der Waals surface area contributed by atoms with Gasteiger partial charge in [-0.2, -0.15) is 0 Å². The maximum Gasteiger partial charge on any atom is 0.0761 e.